The number of aromatic nitrogens is 2. The molecule has 0 unspecified atom stereocenters. The highest BCUT2D eigenvalue weighted by Crippen LogP contribution is 2.18. The van der Waals surface area contributed by atoms with Crippen LogP contribution in [-0.4, -0.2) is 15.5 Å². The number of fused-ring (bicyclic) bond motifs is 1. The molecule has 3 heteroatoms. The van der Waals surface area contributed by atoms with Gasteiger partial charge in [-0.3, -0.25) is 14.3 Å². The fraction of sp³-hybridized carbons (Fsp3) is 0.0667. The Morgan fingerprint density at radius 2 is 2.06 bits per heavy atom. The van der Waals surface area contributed by atoms with Gasteiger partial charge >= 0.3 is 0 Å². The molecule has 3 aromatic rings. The first kappa shape index (κ1) is 10.7. The number of carbonyl (C=O) groups is 1. The Bertz CT molecular complexity index is 714. The first-order valence-electron chi connectivity index (χ1n) is 5.79. The van der Waals surface area contributed by atoms with Crippen molar-refractivity contribution in [1.82, 2.24) is 9.55 Å². The van der Waals surface area contributed by atoms with Crippen molar-refractivity contribution in [3.8, 4) is 0 Å². The van der Waals surface area contributed by atoms with Crippen molar-refractivity contribution in [2.24, 2.45) is 0 Å². The zero-order valence-electron chi connectivity index (χ0n) is 10.00. The number of hydrogen-bond donors (Lipinski definition) is 0. The molecule has 18 heavy (non-hydrogen) atoms. The number of carbonyl (C=O) groups excluding carboxylic acids is 1. The minimum absolute atomic E-state index is 0.101. The molecule has 0 N–H and O–H groups in total. The van der Waals surface area contributed by atoms with E-state index in [1.165, 1.54) is 0 Å². The van der Waals surface area contributed by atoms with Crippen molar-refractivity contribution >= 4 is 16.8 Å². The predicted molar refractivity (Wildman–Crippen MR) is 70.6 cm³/mol. The third-order valence-corrected chi connectivity index (χ3v) is 2.95. The van der Waals surface area contributed by atoms with Crippen molar-refractivity contribution in [2.45, 2.75) is 6.92 Å². The maximum atomic E-state index is 12.3. The number of pyridine rings is 1. The van der Waals surface area contributed by atoms with Crippen LogP contribution in [0, 0.1) is 6.92 Å². The van der Waals surface area contributed by atoms with E-state index >= 15 is 0 Å². The standard InChI is InChI=1S/C15H12N2O/c1-11-5-6-12-7-9-17(14(12)10-11)15(18)13-4-2-3-8-16-13/h2-10H,1H3. The van der Waals surface area contributed by atoms with Crippen LogP contribution in [0.3, 0.4) is 0 Å². The summed E-state index contributed by atoms with van der Waals surface area (Å²) in [5.41, 5.74) is 2.51. The predicted octanol–water partition coefficient (Wildman–Crippen LogP) is 3.03. The van der Waals surface area contributed by atoms with Crippen molar-refractivity contribution in [3.05, 3.63) is 66.1 Å². The van der Waals surface area contributed by atoms with Crippen LogP contribution in [0.25, 0.3) is 10.9 Å². The average Bonchev–Trinajstić information content (AvgIpc) is 2.82. The molecule has 0 radical (unpaired) electrons. The summed E-state index contributed by atoms with van der Waals surface area (Å²) in [7, 11) is 0. The van der Waals surface area contributed by atoms with Gasteiger partial charge in [-0.05, 0) is 36.8 Å². The van der Waals surface area contributed by atoms with Crippen LogP contribution in [0.2, 0.25) is 0 Å². The molecule has 0 aliphatic heterocycles. The minimum Gasteiger partial charge on any atom is -0.282 e. The normalized spacial score (nSPS) is 10.7. The van der Waals surface area contributed by atoms with E-state index in [9.17, 15) is 4.79 Å². The Balaban J connectivity index is 2.15. The van der Waals surface area contributed by atoms with Gasteiger partial charge in [0.15, 0.2) is 0 Å². The largest absolute Gasteiger partial charge is 0.282 e. The monoisotopic (exact) mass is 236 g/mol. The van der Waals surface area contributed by atoms with Crippen LogP contribution < -0.4 is 0 Å². The lowest BCUT2D eigenvalue weighted by atomic mass is 10.2. The highest BCUT2D eigenvalue weighted by atomic mass is 16.2. The summed E-state index contributed by atoms with van der Waals surface area (Å²) in [4.78, 5) is 16.4. The van der Waals surface area contributed by atoms with Gasteiger partial charge in [-0.1, -0.05) is 18.2 Å². The van der Waals surface area contributed by atoms with Gasteiger partial charge in [-0.25, -0.2) is 0 Å². The first-order valence-corrected chi connectivity index (χ1v) is 5.79. The molecule has 0 saturated heterocycles. The molecule has 0 atom stereocenters. The maximum absolute atomic E-state index is 12.3. The topological polar surface area (TPSA) is 34.9 Å². The molecule has 2 heterocycles. The van der Waals surface area contributed by atoms with Gasteiger partial charge in [0, 0.05) is 17.8 Å². The molecule has 0 fully saturated rings. The molecule has 2 aromatic heterocycles. The van der Waals surface area contributed by atoms with E-state index in [1.54, 1.807) is 29.1 Å². The molecule has 3 nitrogen and oxygen atoms in total. The average molecular weight is 236 g/mol. The van der Waals surface area contributed by atoms with Crippen LogP contribution in [0.1, 0.15) is 16.1 Å². The molecule has 1 aromatic carbocycles. The van der Waals surface area contributed by atoms with Crippen LogP contribution in [0.4, 0.5) is 0 Å². The van der Waals surface area contributed by atoms with Crippen molar-refractivity contribution < 1.29 is 4.79 Å². The number of benzene rings is 1. The number of aryl methyl sites for hydroxylation is 1. The molecule has 0 spiro atoms. The molecule has 0 aliphatic carbocycles. The second-order valence-electron chi connectivity index (χ2n) is 4.27. The Morgan fingerprint density at radius 1 is 1.17 bits per heavy atom. The highest BCUT2D eigenvalue weighted by Gasteiger charge is 2.11. The zero-order chi connectivity index (χ0) is 12.5. The Hall–Kier alpha value is -2.42. The Labute approximate surface area is 105 Å². The minimum atomic E-state index is -0.101. The number of rotatable bonds is 1. The maximum Gasteiger partial charge on any atom is 0.280 e. The third kappa shape index (κ3) is 1.70. The quantitative estimate of drug-likeness (QED) is 0.651. The van der Waals surface area contributed by atoms with Gasteiger partial charge in [0.05, 0.1) is 5.52 Å². The van der Waals surface area contributed by atoms with Gasteiger partial charge < -0.3 is 0 Å². The SMILES string of the molecule is Cc1ccc2ccn(C(=O)c3ccccn3)c2c1. The zero-order valence-corrected chi connectivity index (χ0v) is 10.00. The fourth-order valence-electron chi connectivity index (χ4n) is 2.03. The Morgan fingerprint density at radius 3 is 2.83 bits per heavy atom. The molecule has 3 rings (SSSR count). The van der Waals surface area contributed by atoms with Crippen LogP contribution >= 0.6 is 0 Å². The third-order valence-electron chi connectivity index (χ3n) is 2.95. The lowest BCUT2D eigenvalue weighted by Crippen LogP contribution is -2.12. The fourth-order valence-corrected chi connectivity index (χ4v) is 2.03. The summed E-state index contributed by atoms with van der Waals surface area (Å²) in [5.74, 6) is -0.101. The number of hydrogen-bond acceptors (Lipinski definition) is 2. The summed E-state index contributed by atoms with van der Waals surface area (Å²) in [6.45, 7) is 2.02. The molecule has 0 aliphatic rings. The van der Waals surface area contributed by atoms with E-state index < -0.39 is 0 Å². The van der Waals surface area contributed by atoms with Gasteiger partial charge in [0.1, 0.15) is 5.69 Å². The van der Waals surface area contributed by atoms with Crippen molar-refractivity contribution in [3.63, 3.8) is 0 Å². The first-order chi connectivity index (χ1) is 8.75. The molecule has 0 amide bonds. The molecule has 0 bridgehead atoms. The van der Waals surface area contributed by atoms with Gasteiger partial charge in [0.2, 0.25) is 0 Å². The molecule has 88 valence electrons. The van der Waals surface area contributed by atoms with Gasteiger partial charge in [-0.15, -0.1) is 0 Å². The van der Waals surface area contributed by atoms with E-state index in [-0.39, 0.29) is 5.91 Å². The summed E-state index contributed by atoms with van der Waals surface area (Å²) < 4.78 is 1.64. The van der Waals surface area contributed by atoms with E-state index in [1.807, 2.05) is 37.3 Å². The van der Waals surface area contributed by atoms with Gasteiger partial charge in [-0.2, -0.15) is 0 Å². The van der Waals surface area contributed by atoms with Crippen LogP contribution in [0.5, 0.6) is 0 Å². The summed E-state index contributed by atoms with van der Waals surface area (Å²) in [6.07, 6.45) is 3.42. The second-order valence-corrected chi connectivity index (χ2v) is 4.27. The van der Waals surface area contributed by atoms with E-state index in [4.69, 9.17) is 0 Å². The molecule has 0 saturated carbocycles. The van der Waals surface area contributed by atoms with Crippen LogP contribution in [-0.2, 0) is 0 Å². The lowest BCUT2D eigenvalue weighted by Gasteiger charge is -2.03. The summed E-state index contributed by atoms with van der Waals surface area (Å²) >= 11 is 0. The van der Waals surface area contributed by atoms with E-state index in [0.717, 1.165) is 16.5 Å². The van der Waals surface area contributed by atoms with E-state index in [2.05, 4.69) is 4.98 Å². The van der Waals surface area contributed by atoms with Crippen molar-refractivity contribution in [2.75, 3.05) is 0 Å². The van der Waals surface area contributed by atoms with E-state index in [0.29, 0.717) is 5.69 Å². The second kappa shape index (κ2) is 4.11. The highest BCUT2D eigenvalue weighted by molar-refractivity contribution is 6.00. The van der Waals surface area contributed by atoms with Gasteiger partial charge in [0.25, 0.3) is 5.91 Å². The molecular weight excluding hydrogens is 224 g/mol. The lowest BCUT2D eigenvalue weighted by molar-refractivity contribution is 0.0960. The smallest absolute Gasteiger partial charge is 0.280 e. The Kier molecular flexibility index (Phi) is 2.45. The summed E-state index contributed by atoms with van der Waals surface area (Å²) in [5, 5.41) is 1.06. The number of nitrogens with zero attached hydrogens (tertiary/aromatic N) is 2. The van der Waals surface area contributed by atoms with Crippen molar-refractivity contribution in [1.29, 1.82) is 0 Å². The van der Waals surface area contributed by atoms with Crippen LogP contribution in [0.15, 0.2) is 54.9 Å². The molecular formula is C15H12N2O. The summed E-state index contributed by atoms with van der Waals surface area (Å²) in [6, 6.07) is 13.4.